The van der Waals surface area contributed by atoms with E-state index in [1.807, 2.05) is 0 Å². The molecular formula is C12H20N4O2. The van der Waals surface area contributed by atoms with Gasteiger partial charge in [-0.15, -0.1) is 0 Å². The van der Waals surface area contributed by atoms with E-state index in [0.29, 0.717) is 11.5 Å². The molecule has 0 saturated heterocycles. The van der Waals surface area contributed by atoms with Crippen LogP contribution in [0.4, 0.5) is 4.79 Å². The van der Waals surface area contributed by atoms with E-state index in [9.17, 15) is 4.79 Å². The van der Waals surface area contributed by atoms with E-state index in [0.717, 1.165) is 0 Å². The van der Waals surface area contributed by atoms with Gasteiger partial charge in [0.1, 0.15) is 11.4 Å². The van der Waals surface area contributed by atoms with Crippen molar-refractivity contribution in [3.8, 4) is 0 Å². The van der Waals surface area contributed by atoms with Crippen LogP contribution in [0, 0.1) is 6.92 Å². The highest BCUT2D eigenvalue weighted by atomic mass is 16.6. The summed E-state index contributed by atoms with van der Waals surface area (Å²) in [6, 6.07) is 1.35. The zero-order chi connectivity index (χ0) is 13.8. The molecule has 0 fully saturated rings. The summed E-state index contributed by atoms with van der Waals surface area (Å²) in [6.45, 7) is 7.44. The monoisotopic (exact) mass is 252 g/mol. The van der Waals surface area contributed by atoms with Crippen molar-refractivity contribution in [3.05, 3.63) is 23.8 Å². The maximum atomic E-state index is 11.7. The highest BCUT2D eigenvalue weighted by Crippen LogP contribution is 2.11. The lowest BCUT2D eigenvalue weighted by atomic mass is 10.2. The third-order valence-corrected chi connectivity index (χ3v) is 2.08. The molecule has 3 N–H and O–H groups in total. The van der Waals surface area contributed by atoms with Crippen LogP contribution in [0.25, 0.3) is 0 Å². The second-order valence-electron chi connectivity index (χ2n) is 4.96. The van der Waals surface area contributed by atoms with Gasteiger partial charge in [0.2, 0.25) is 0 Å². The molecule has 18 heavy (non-hydrogen) atoms. The fraction of sp³-hybridized carbons (Fsp3) is 0.583. The number of aromatic nitrogens is 2. The summed E-state index contributed by atoms with van der Waals surface area (Å²) in [7, 11) is 0. The number of nitrogens with one attached hydrogen (secondary N) is 1. The van der Waals surface area contributed by atoms with Gasteiger partial charge >= 0.3 is 6.09 Å². The van der Waals surface area contributed by atoms with Crippen molar-refractivity contribution in [2.45, 2.75) is 39.3 Å². The summed E-state index contributed by atoms with van der Waals surface area (Å²) < 4.78 is 5.17. The molecule has 1 rings (SSSR count). The van der Waals surface area contributed by atoms with Crippen LogP contribution in [0.2, 0.25) is 0 Å². The van der Waals surface area contributed by atoms with Crippen LogP contribution in [0.15, 0.2) is 12.3 Å². The Morgan fingerprint density at radius 2 is 2.22 bits per heavy atom. The topological polar surface area (TPSA) is 90.1 Å². The third kappa shape index (κ3) is 4.67. The first-order valence-electron chi connectivity index (χ1n) is 5.81. The van der Waals surface area contributed by atoms with Gasteiger partial charge in [-0.05, 0) is 33.8 Å². The minimum Gasteiger partial charge on any atom is -0.444 e. The highest BCUT2D eigenvalue weighted by molar-refractivity contribution is 5.68. The molecule has 0 aliphatic rings. The maximum Gasteiger partial charge on any atom is 0.408 e. The highest BCUT2D eigenvalue weighted by Gasteiger charge is 2.20. The second kappa shape index (κ2) is 5.77. The zero-order valence-electron chi connectivity index (χ0n) is 11.2. The van der Waals surface area contributed by atoms with Gasteiger partial charge in [-0.1, -0.05) is 0 Å². The normalized spacial score (nSPS) is 12.9. The Labute approximate surface area is 107 Å². The van der Waals surface area contributed by atoms with Gasteiger partial charge in [-0.25, -0.2) is 14.8 Å². The Morgan fingerprint density at radius 3 is 2.72 bits per heavy atom. The summed E-state index contributed by atoms with van der Waals surface area (Å²) in [4.78, 5) is 19.9. The van der Waals surface area contributed by atoms with Gasteiger partial charge in [-0.3, -0.25) is 0 Å². The number of alkyl carbamates (subject to hydrolysis) is 1. The van der Waals surface area contributed by atoms with Gasteiger partial charge < -0.3 is 15.8 Å². The van der Waals surface area contributed by atoms with Crippen molar-refractivity contribution in [1.82, 2.24) is 15.3 Å². The summed E-state index contributed by atoms with van der Waals surface area (Å²) in [5.41, 5.74) is 5.78. The van der Waals surface area contributed by atoms with Crippen LogP contribution >= 0.6 is 0 Å². The number of nitrogens with zero attached hydrogens (tertiary/aromatic N) is 2. The van der Waals surface area contributed by atoms with Gasteiger partial charge in [0, 0.05) is 12.7 Å². The van der Waals surface area contributed by atoms with Crippen LogP contribution in [-0.2, 0) is 4.74 Å². The van der Waals surface area contributed by atoms with Crippen molar-refractivity contribution < 1.29 is 9.53 Å². The Morgan fingerprint density at radius 1 is 1.56 bits per heavy atom. The molecule has 0 saturated carbocycles. The Bertz CT molecular complexity index is 415. The lowest BCUT2D eigenvalue weighted by molar-refractivity contribution is 0.0504. The molecular weight excluding hydrogens is 232 g/mol. The van der Waals surface area contributed by atoms with E-state index >= 15 is 0 Å². The fourth-order valence-corrected chi connectivity index (χ4v) is 1.37. The molecule has 1 heterocycles. The number of carbonyl (C=O) groups excluding carboxylic acids is 1. The number of ether oxygens (including phenoxy) is 1. The number of amides is 1. The number of hydrogen-bond donors (Lipinski definition) is 2. The molecule has 0 bridgehead atoms. The quantitative estimate of drug-likeness (QED) is 0.846. The lowest BCUT2D eigenvalue weighted by Gasteiger charge is -2.22. The molecule has 100 valence electrons. The molecule has 1 aromatic heterocycles. The molecule has 0 aromatic carbocycles. The van der Waals surface area contributed by atoms with E-state index in [2.05, 4.69) is 15.3 Å². The SMILES string of the molecule is Cc1nccc(C(CN)NC(=O)OC(C)(C)C)n1. The smallest absolute Gasteiger partial charge is 0.408 e. The van der Waals surface area contributed by atoms with Gasteiger partial charge in [-0.2, -0.15) is 0 Å². The van der Waals surface area contributed by atoms with E-state index in [1.54, 1.807) is 40.0 Å². The minimum atomic E-state index is -0.537. The van der Waals surface area contributed by atoms with Crippen molar-refractivity contribution in [1.29, 1.82) is 0 Å². The molecule has 0 aliphatic carbocycles. The molecule has 1 amide bonds. The zero-order valence-corrected chi connectivity index (χ0v) is 11.2. The van der Waals surface area contributed by atoms with Gasteiger partial charge in [0.05, 0.1) is 11.7 Å². The fourth-order valence-electron chi connectivity index (χ4n) is 1.37. The third-order valence-electron chi connectivity index (χ3n) is 2.08. The van der Waals surface area contributed by atoms with Crippen LogP contribution in [0.5, 0.6) is 0 Å². The molecule has 6 heteroatoms. The number of aryl methyl sites for hydroxylation is 1. The van der Waals surface area contributed by atoms with E-state index in [4.69, 9.17) is 10.5 Å². The average Bonchev–Trinajstić information content (AvgIpc) is 2.23. The standard InChI is InChI=1S/C12H20N4O2/c1-8-14-6-5-9(15-8)10(7-13)16-11(17)18-12(2,3)4/h5-6,10H,7,13H2,1-4H3,(H,16,17). The van der Waals surface area contributed by atoms with Crippen molar-refractivity contribution in [3.63, 3.8) is 0 Å². The lowest BCUT2D eigenvalue weighted by Crippen LogP contribution is -2.38. The number of rotatable bonds is 3. The maximum absolute atomic E-state index is 11.7. The number of hydrogen-bond acceptors (Lipinski definition) is 5. The first-order valence-corrected chi connectivity index (χ1v) is 5.81. The van der Waals surface area contributed by atoms with Crippen LogP contribution < -0.4 is 11.1 Å². The minimum absolute atomic E-state index is 0.246. The molecule has 0 radical (unpaired) electrons. The summed E-state index contributed by atoms with van der Waals surface area (Å²) in [5, 5.41) is 2.69. The number of nitrogens with two attached hydrogens (primary N) is 1. The molecule has 1 atom stereocenters. The molecule has 0 aliphatic heterocycles. The van der Waals surface area contributed by atoms with E-state index < -0.39 is 11.7 Å². The summed E-state index contributed by atoms with van der Waals surface area (Å²) >= 11 is 0. The van der Waals surface area contributed by atoms with Crippen molar-refractivity contribution in [2.75, 3.05) is 6.54 Å². The second-order valence-corrected chi connectivity index (χ2v) is 4.96. The summed E-state index contributed by atoms with van der Waals surface area (Å²) in [6.07, 6.45) is 1.13. The van der Waals surface area contributed by atoms with Crippen LogP contribution in [0.3, 0.4) is 0 Å². The van der Waals surface area contributed by atoms with E-state index in [1.165, 1.54) is 0 Å². The summed E-state index contributed by atoms with van der Waals surface area (Å²) in [5.74, 6) is 0.636. The van der Waals surface area contributed by atoms with Crippen molar-refractivity contribution in [2.24, 2.45) is 5.73 Å². The largest absolute Gasteiger partial charge is 0.444 e. The van der Waals surface area contributed by atoms with Crippen molar-refractivity contribution >= 4 is 6.09 Å². The Kier molecular flexibility index (Phi) is 4.61. The average molecular weight is 252 g/mol. The number of carbonyl (C=O) groups is 1. The predicted molar refractivity (Wildman–Crippen MR) is 67.9 cm³/mol. The molecule has 0 spiro atoms. The molecule has 1 unspecified atom stereocenters. The van der Waals surface area contributed by atoms with Gasteiger partial charge in [0.25, 0.3) is 0 Å². The van der Waals surface area contributed by atoms with E-state index in [-0.39, 0.29) is 12.6 Å². The molecule has 6 nitrogen and oxygen atoms in total. The predicted octanol–water partition coefficient (Wildman–Crippen LogP) is 1.31. The first-order chi connectivity index (χ1) is 8.31. The Hall–Kier alpha value is -1.69. The first kappa shape index (κ1) is 14.4. The van der Waals surface area contributed by atoms with Gasteiger partial charge in [0.15, 0.2) is 0 Å². The van der Waals surface area contributed by atoms with Crippen LogP contribution in [-0.4, -0.2) is 28.2 Å². The Balaban J connectivity index is 2.71. The van der Waals surface area contributed by atoms with Crippen LogP contribution in [0.1, 0.15) is 38.3 Å². The molecule has 1 aromatic rings.